The molecule has 27 heavy (non-hydrogen) atoms. The van der Waals surface area contributed by atoms with E-state index in [0.717, 1.165) is 38.4 Å². The van der Waals surface area contributed by atoms with Gasteiger partial charge in [-0.1, -0.05) is 34.1 Å². The number of carbonyl (C=O) groups is 1. The quantitative estimate of drug-likeness (QED) is 0.716. The molecule has 0 bridgehead atoms. The van der Waals surface area contributed by atoms with Crippen molar-refractivity contribution in [2.24, 2.45) is 52.3 Å². The van der Waals surface area contributed by atoms with Gasteiger partial charge in [-0.15, -0.1) is 0 Å². The lowest BCUT2D eigenvalue weighted by Gasteiger charge is -2.64. The first-order chi connectivity index (χ1) is 12.8. The molecule has 3 heteroatoms. The number of aliphatic hydroxyl groups is 2. The van der Waals surface area contributed by atoms with E-state index in [9.17, 15) is 15.0 Å². The minimum absolute atomic E-state index is 0.132. The molecule has 4 aliphatic rings. The molecule has 4 fully saturated rings. The lowest BCUT2D eigenvalue weighted by molar-refractivity contribution is -0.203. The van der Waals surface area contributed by atoms with Gasteiger partial charge < -0.3 is 15.0 Å². The van der Waals surface area contributed by atoms with Crippen molar-refractivity contribution in [2.45, 2.75) is 91.3 Å². The summed E-state index contributed by atoms with van der Waals surface area (Å²) < 4.78 is 0. The summed E-state index contributed by atoms with van der Waals surface area (Å²) in [6, 6.07) is 0. The van der Waals surface area contributed by atoms with Crippen LogP contribution in [0.3, 0.4) is 0 Å². The Morgan fingerprint density at radius 3 is 2.33 bits per heavy atom. The van der Waals surface area contributed by atoms with Crippen LogP contribution in [0.25, 0.3) is 0 Å². The molecule has 4 rings (SSSR count). The maximum Gasteiger partial charge on any atom is 0.123 e. The van der Waals surface area contributed by atoms with Crippen molar-refractivity contribution in [3.05, 3.63) is 0 Å². The molecule has 0 aromatic rings. The number of aliphatic hydroxyl groups excluding tert-OH is 2. The number of rotatable bonds is 3. The average molecular weight is 377 g/mol. The lowest BCUT2D eigenvalue weighted by Crippen LogP contribution is -2.62. The number of hydrogen-bond donors (Lipinski definition) is 2. The summed E-state index contributed by atoms with van der Waals surface area (Å²) in [6.45, 7) is 9.24. The average Bonchev–Trinajstić information content (AvgIpc) is 3.00. The van der Waals surface area contributed by atoms with Crippen LogP contribution in [0.15, 0.2) is 0 Å². The first-order valence-electron chi connectivity index (χ1n) is 11.6. The van der Waals surface area contributed by atoms with Gasteiger partial charge in [0.05, 0.1) is 12.2 Å². The summed E-state index contributed by atoms with van der Waals surface area (Å²) in [5.74, 6) is 2.90. The van der Waals surface area contributed by atoms with Gasteiger partial charge in [0, 0.05) is 5.92 Å². The van der Waals surface area contributed by atoms with Crippen molar-refractivity contribution in [1.82, 2.24) is 0 Å². The first kappa shape index (κ1) is 19.9. The largest absolute Gasteiger partial charge is 0.393 e. The molecule has 2 N–H and O–H groups in total. The molecule has 5 unspecified atom stereocenters. The molecular formula is C24H40O3. The van der Waals surface area contributed by atoms with Crippen molar-refractivity contribution < 1.29 is 15.0 Å². The van der Waals surface area contributed by atoms with E-state index in [4.69, 9.17) is 0 Å². The third-order valence-corrected chi connectivity index (χ3v) is 10.3. The Balaban J connectivity index is 1.70. The maximum absolute atomic E-state index is 11.6. The first-order valence-corrected chi connectivity index (χ1v) is 11.6. The van der Waals surface area contributed by atoms with E-state index in [1.165, 1.54) is 19.3 Å². The molecule has 0 amide bonds. The Morgan fingerprint density at radius 2 is 1.67 bits per heavy atom. The van der Waals surface area contributed by atoms with Gasteiger partial charge in [-0.25, -0.2) is 0 Å². The Kier molecular flexibility index (Phi) is 5.03. The van der Waals surface area contributed by atoms with Crippen LogP contribution in [0.4, 0.5) is 0 Å². The fourth-order valence-corrected chi connectivity index (χ4v) is 8.96. The summed E-state index contributed by atoms with van der Waals surface area (Å²) in [5.41, 5.74) is 0.470. The highest BCUT2D eigenvalue weighted by atomic mass is 16.3. The van der Waals surface area contributed by atoms with E-state index >= 15 is 0 Å². The summed E-state index contributed by atoms with van der Waals surface area (Å²) in [4.78, 5) is 11.6. The molecule has 0 saturated heterocycles. The fraction of sp³-hybridized carbons (Fsp3) is 0.958. The predicted molar refractivity (Wildman–Crippen MR) is 107 cm³/mol. The highest BCUT2D eigenvalue weighted by Gasteiger charge is 2.64. The number of fused-ring (bicyclic) bond motifs is 5. The minimum Gasteiger partial charge on any atom is -0.393 e. The third kappa shape index (κ3) is 2.70. The van der Waals surface area contributed by atoms with E-state index < -0.39 is 0 Å². The molecule has 4 saturated carbocycles. The zero-order valence-electron chi connectivity index (χ0n) is 17.7. The molecule has 0 aromatic carbocycles. The highest BCUT2D eigenvalue weighted by Crippen LogP contribution is 2.69. The van der Waals surface area contributed by atoms with Crippen molar-refractivity contribution >= 4 is 6.29 Å². The van der Waals surface area contributed by atoms with Gasteiger partial charge in [-0.05, 0) is 91.3 Å². The van der Waals surface area contributed by atoms with Gasteiger partial charge >= 0.3 is 0 Å². The molecule has 11 atom stereocenters. The molecule has 0 heterocycles. The van der Waals surface area contributed by atoms with E-state index in [-0.39, 0.29) is 29.0 Å². The molecule has 0 aromatic heterocycles. The van der Waals surface area contributed by atoms with Gasteiger partial charge in [0.25, 0.3) is 0 Å². The van der Waals surface area contributed by atoms with Gasteiger partial charge in [0.15, 0.2) is 0 Å². The molecule has 0 spiro atoms. The van der Waals surface area contributed by atoms with E-state index in [1.807, 2.05) is 0 Å². The zero-order valence-corrected chi connectivity index (χ0v) is 17.7. The SMILES string of the molecule is CC[C@@H]1C2C[C@H](O)CC[C@]2(C)C2CC[C@@]3(C)C(CCC3[C@H](C)C=O)C2[C@@H]1O. The number of hydrogen-bond acceptors (Lipinski definition) is 3. The normalized spacial score (nSPS) is 55.9. The van der Waals surface area contributed by atoms with Crippen LogP contribution >= 0.6 is 0 Å². The number of carbonyl (C=O) groups excluding carboxylic acids is 1. The van der Waals surface area contributed by atoms with Crippen LogP contribution < -0.4 is 0 Å². The third-order valence-electron chi connectivity index (χ3n) is 10.3. The Hall–Kier alpha value is -0.410. The lowest BCUT2D eigenvalue weighted by atomic mass is 9.41. The smallest absolute Gasteiger partial charge is 0.123 e. The molecule has 4 aliphatic carbocycles. The van der Waals surface area contributed by atoms with Crippen LogP contribution in [-0.2, 0) is 4.79 Å². The predicted octanol–water partition coefficient (Wildman–Crippen LogP) is 4.45. The van der Waals surface area contributed by atoms with E-state index in [1.54, 1.807) is 0 Å². The topological polar surface area (TPSA) is 57.5 Å². The van der Waals surface area contributed by atoms with Gasteiger partial charge in [-0.3, -0.25) is 0 Å². The van der Waals surface area contributed by atoms with Crippen molar-refractivity contribution in [2.75, 3.05) is 0 Å². The Bertz CT molecular complexity index is 576. The highest BCUT2D eigenvalue weighted by molar-refractivity contribution is 5.53. The molecule has 3 nitrogen and oxygen atoms in total. The summed E-state index contributed by atoms with van der Waals surface area (Å²) in [5, 5.41) is 22.0. The monoisotopic (exact) mass is 376 g/mol. The van der Waals surface area contributed by atoms with Crippen LogP contribution in [0.2, 0.25) is 0 Å². The standard InChI is InChI=1S/C24H40O3/c1-5-16-20-12-15(26)8-10-24(20,4)19-9-11-23(3)17(14(2)13-25)6-7-18(23)21(19)22(16)27/h13-22,26-27H,5-12H2,1-4H3/t14-,15-,16-,17?,18?,19?,20?,21?,22-,23-,24-/m1/s1. The van der Waals surface area contributed by atoms with Crippen molar-refractivity contribution in [3.63, 3.8) is 0 Å². The molecule has 0 radical (unpaired) electrons. The summed E-state index contributed by atoms with van der Waals surface area (Å²) in [6.07, 6.45) is 9.39. The summed E-state index contributed by atoms with van der Waals surface area (Å²) in [7, 11) is 0. The van der Waals surface area contributed by atoms with Gasteiger partial charge in [-0.2, -0.15) is 0 Å². The second-order valence-electron chi connectivity index (χ2n) is 11.1. The van der Waals surface area contributed by atoms with E-state index in [0.29, 0.717) is 35.5 Å². The van der Waals surface area contributed by atoms with Gasteiger partial charge in [0.2, 0.25) is 0 Å². The second-order valence-corrected chi connectivity index (χ2v) is 11.1. The van der Waals surface area contributed by atoms with Crippen LogP contribution in [0.1, 0.15) is 79.1 Å². The zero-order chi connectivity index (χ0) is 19.6. The van der Waals surface area contributed by atoms with Gasteiger partial charge in [0.1, 0.15) is 6.29 Å². The molecule has 154 valence electrons. The fourth-order valence-electron chi connectivity index (χ4n) is 8.96. The van der Waals surface area contributed by atoms with E-state index in [2.05, 4.69) is 27.7 Å². The molecular weight excluding hydrogens is 336 g/mol. The maximum atomic E-state index is 11.6. The van der Waals surface area contributed by atoms with Crippen molar-refractivity contribution in [1.29, 1.82) is 0 Å². The van der Waals surface area contributed by atoms with Crippen LogP contribution in [0.5, 0.6) is 0 Å². The summed E-state index contributed by atoms with van der Waals surface area (Å²) >= 11 is 0. The molecule has 0 aliphatic heterocycles. The van der Waals surface area contributed by atoms with Crippen LogP contribution in [-0.4, -0.2) is 28.7 Å². The van der Waals surface area contributed by atoms with Crippen LogP contribution in [0, 0.1) is 52.3 Å². The van der Waals surface area contributed by atoms with Crippen molar-refractivity contribution in [3.8, 4) is 0 Å². The Morgan fingerprint density at radius 1 is 1.00 bits per heavy atom. The minimum atomic E-state index is -0.238. The second kappa shape index (κ2) is 6.83. The Labute approximate surface area is 165 Å². The number of aldehydes is 1.